The van der Waals surface area contributed by atoms with Crippen LogP contribution in [0.25, 0.3) is 0 Å². The van der Waals surface area contributed by atoms with Crippen molar-refractivity contribution in [1.82, 2.24) is 20.2 Å². The van der Waals surface area contributed by atoms with Crippen LogP contribution in [0.3, 0.4) is 0 Å². The van der Waals surface area contributed by atoms with E-state index in [1.54, 1.807) is 4.68 Å². The van der Waals surface area contributed by atoms with E-state index in [9.17, 15) is 0 Å². The Labute approximate surface area is 103 Å². The fraction of sp³-hybridized carbons (Fsp3) is 0.300. The molecule has 84 valence electrons. The topological polar surface area (TPSA) is 43.6 Å². The Morgan fingerprint density at radius 1 is 1.38 bits per heavy atom. The van der Waals surface area contributed by atoms with Crippen molar-refractivity contribution in [2.24, 2.45) is 0 Å². The number of aromatic nitrogens is 4. The molecule has 0 aliphatic carbocycles. The first kappa shape index (κ1) is 11.4. The standard InChI is InChI=1S/C10H10Cl2N4/c1-7(11)10-13-14-15-16(10)6-8-4-2-3-5-9(8)12/h2-5,7H,6H2,1H3. The first-order chi connectivity index (χ1) is 7.68. The summed E-state index contributed by atoms with van der Waals surface area (Å²) in [4.78, 5) is 0. The molecule has 0 N–H and O–H groups in total. The van der Waals surface area contributed by atoms with Crippen LogP contribution in [0.5, 0.6) is 0 Å². The molecule has 1 heterocycles. The number of hydrogen-bond acceptors (Lipinski definition) is 3. The van der Waals surface area contributed by atoms with Crippen LogP contribution >= 0.6 is 23.2 Å². The Balaban J connectivity index is 2.27. The molecule has 2 aromatic rings. The Morgan fingerprint density at radius 3 is 2.81 bits per heavy atom. The maximum Gasteiger partial charge on any atom is 0.169 e. The Hall–Kier alpha value is -1.13. The molecule has 0 spiro atoms. The van der Waals surface area contributed by atoms with Crippen LogP contribution in [-0.4, -0.2) is 20.2 Å². The zero-order valence-electron chi connectivity index (χ0n) is 8.64. The summed E-state index contributed by atoms with van der Waals surface area (Å²) in [7, 11) is 0. The number of halogens is 2. The molecule has 0 fully saturated rings. The summed E-state index contributed by atoms with van der Waals surface area (Å²) in [6.45, 7) is 2.36. The number of alkyl halides is 1. The van der Waals surface area contributed by atoms with E-state index in [0.717, 1.165) is 5.56 Å². The van der Waals surface area contributed by atoms with Gasteiger partial charge in [-0.05, 0) is 29.0 Å². The van der Waals surface area contributed by atoms with Crippen LogP contribution in [-0.2, 0) is 6.54 Å². The van der Waals surface area contributed by atoms with Crippen molar-refractivity contribution in [3.63, 3.8) is 0 Å². The Kier molecular flexibility index (Phi) is 3.41. The third kappa shape index (κ3) is 2.33. The lowest BCUT2D eigenvalue weighted by Crippen LogP contribution is -2.07. The lowest BCUT2D eigenvalue weighted by atomic mass is 10.2. The van der Waals surface area contributed by atoms with Gasteiger partial charge in [-0.2, -0.15) is 0 Å². The van der Waals surface area contributed by atoms with Crippen LogP contribution in [0.15, 0.2) is 24.3 Å². The highest BCUT2D eigenvalue weighted by Crippen LogP contribution is 2.19. The summed E-state index contributed by atoms with van der Waals surface area (Å²) in [5.74, 6) is 0.640. The monoisotopic (exact) mass is 256 g/mol. The number of rotatable bonds is 3. The molecule has 0 saturated carbocycles. The second-order valence-corrected chi connectivity index (χ2v) is 4.46. The predicted molar refractivity (Wildman–Crippen MR) is 62.6 cm³/mol. The van der Waals surface area contributed by atoms with Gasteiger partial charge in [-0.3, -0.25) is 0 Å². The highest BCUT2D eigenvalue weighted by atomic mass is 35.5. The van der Waals surface area contributed by atoms with Gasteiger partial charge in [0.25, 0.3) is 0 Å². The van der Waals surface area contributed by atoms with Gasteiger partial charge < -0.3 is 0 Å². The van der Waals surface area contributed by atoms with E-state index >= 15 is 0 Å². The van der Waals surface area contributed by atoms with Crippen molar-refractivity contribution in [3.05, 3.63) is 40.7 Å². The van der Waals surface area contributed by atoms with Gasteiger partial charge in [-0.15, -0.1) is 16.7 Å². The van der Waals surface area contributed by atoms with Crippen molar-refractivity contribution in [2.45, 2.75) is 18.8 Å². The first-order valence-corrected chi connectivity index (χ1v) is 5.63. The quantitative estimate of drug-likeness (QED) is 0.794. The number of benzene rings is 1. The van der Waals surface area contributed by atoms with Crippen molar-refractivity contribution < 1.29 is 0 Å². The zero-order chi connectivity index (χ0) is 11.5. The van der Waals surface area contributed by atoms with Crippen LogP contribution in [0.4, 0.5) is 0 Å². The minimum atomic E-state index is -0.225. The van der Waals surface area contributed by atoms with E-state index in [1.807, 2.05) is 31.2 Å². The summed E-state index contributed by atoms with van der Waals surface area (Å²) in [5.41, 5.74) is 0.968. The van der Waals surface area contributed by atoms with E-state index in [4.69, 9.17) is 23.2 Å². The number of hydrogen-bond donors (Lipinski definition) is 0. The highest BCUT2D eigenvalue weighted by molar-refractivity contribution is 6.31. The lowest BCUT2D eigenvalue weighted by Gasteiger charge is -2.07. The molecule has 0 aliphatic rings. The van der Waals surface area contributed by atoms with Crippen molar-refractivity contribution in [3.8, 4) is 0 Å². The molecule has 1 unspecified atom stereocenters. The largest absolute Gasteiger partial charge is 0.224 e. The normalized spacial score (nSPS) is 12.7. The van der Waals surface area contributed by atoms with E-state index < -0.39 is 0 Å². The molecule has 1 atom stereocenters. The average Bonchev–Trinajstić information content (AvgIpc) is 2.69. The molecule has 2 rings (SSSR count). The smallest absolute Gasteiger partial charge is 0.169 e. The van der Waals surface area contributed by atoms with Crippen molar-refractivity contribution in [1.29, 1.82) is 0 Å². The molecule has 0 bridgehead atoms. The van der Waals surface area contributed by atoms with Gasteiger partial charge in [0.05, 0.1) is 11.9 Å². The number of tetrazole rings is 1. The zero-order valence-corrected chi connectivity index (χ0v) is 10.2. The molecule has 0 saturated heterocycles. The van der Waals surface area contributed by atoms with Gasteiger partial charge in [-0.25, -0.2) is 4.68 Å². The molecule has 4 nitrogen and oxygen atoms in total. The van der Waals surface area contributed by atoms with E-state index in [0.29, 0.717) is 17.4 Å². The van der Waals surface area contributed by atoms with Crippen molar-refractivity contribution in [2.75, 3.05) is 0 Å². The fourth-order valence-electron chi connectivity index (χ4n) is 1.40. The summed E-state index contributed by atoms with van der Waals surface area (Å²) in [6.07, 6.45) is 0. The van der Waals surface area contributed by atoms with Gasteiger partial charge in [0.1, 0.15) is 0 Å². The summed E-state index contributed by atoms with van der Waals surface area (Å²) in [6, 6.07) is 7.59. The molecule has 1 aromatic heterocycles. The maximum absolute atomic E-state index is 6.06. The molecular formula is C10H10Cl2N4. The van der Waals surface area contributed by atoms with E-state index in [2.05, 4.69) is 15.5 Å². The fourth-order valence-corrected chi connectivity index (χ4v) is 1.75. The van der Waals surface area contributed by atoms with Gasteiger partial charge in [0, 0.05) is 5.02 Å². The van der Waals surface area contributed by atoms with Crippen LogP contribution in [0.1, 0.15) is 23.7 Å². The van der Waals surface area contributed by atoms with Crippen LogP contribution in [0.2, 0.25) is 5.02 Å². The molecule has 0 radical (unpaired) electrons. The Bertz CT molecular complexity index is 481. The lowest BCUT2D eigenvalue weighted by molar-refractivity contribution is 0.618. The molecule has 6 heteroatoms. The second kappa shape index (κ2) is 4.80. The Morgan fingerprint density at radius 2 is 2.12 bits per heavy atom. The maximum atomic E-state index is 6.06. The van der Waals surface area contributed by atoms with Gasteiger partial charge in [-0.1, -0.05) is 29.8 Å². The highest BCUT2D eigenvalue weighted by Gasteiger charge is 2.12. The van der Waals surface area contributed by atoms with E-state index in [-0.39, 0.29) is 5.38 Å². The third-order valence-corrected chi connectivity index (χ3v) is 2.76. The van der Waals surface area contributed by atoms with Crippen LogP contribution < -0.4 is 0 Å². The third-order valence-electron chi connectivity index (χ3n) is 2.19. The molecule has 1 aromatic carbocycles. The SMILES string of the molecule is CC(Cl)c1nnnn1Cc1ccccc1Cl. The summed E-state index contributed by atoms with van der Waals surface area (Å²) in [5, 5.41) is 11.8. The minimum absolute atomic E-state index is 0.225. The number of nitrogens with zero attached hydrogens (tertiary/aromatic N) is 4. The first-order valence-electron chi connectivity index (χ1n) is 4.82. The van der Waals surface area contributed by atoms with Gasteiger partial charge in [0.2, 0.25) is 0 Å². The van der Waals surface area contributed by atoms with E-state index in [1.165, 1.54) is 0 Å². The van der Waals surface area contributed by atoms with Gasteiger partial charge >= 0.3 is 0 Å². The second-order valence-electron chi connectivity index (χ2n) is 3.40. The summed E-state index contributed by atoms with van der Waals surface area (Å²) >= 11 is 12.0. The molecule has 0 amide bonds. The molecular weight excluding hydrogens is 247 g/mol. The molecule has 16 heavy (non-hydrogen) atoms. The summed E-state index contributed by atoms with van der Waals surface area (Å²) < 4.78 is 1.65. The minimum Gasteiger partial charge on any atom is -0.224 e. The predicted octanol–water partition coefficient (Wildman–Crippen LogP) is 2.67. The van der Waals surface area contributed by atoms with Crippen LogP contribution in [0, 0.1) is 0 Å². The average molecular weight is 257 g/mol. The van der Waals surface area contributed by atoms with Gasteiger partial charge in [0.15, 0.2) is 5.82 Å². The van der Waals surface area contributed by atoms with Crippen molar-refractivity contribution >= 4 is 23.2 Å². The molecule has 0 aliphatic heterocycles.